The molecule has 2 aromatic heterocycles. The number of hydrogen-bond donors (Lipinski definition) is 3. The number of alkyl halides is 3. The summed E-state index contributed by atoms with van der Waals surface area (Å²) >= 11 is 0. The van der Waals surface area contributed by atoms with Gasteiger partial charge in [0, 0.05) is 12.7 Å². The van der Waals surface area contributed by atoms with Gasteiger partial charge in [-0.1, -0.05) is 12.1 Å². The number of halogens is 3. The summed E-state index contributed by atoms with van der Waals surface area (Å²) in [5, 5.41) is 21.2. The minimum absolute atomic E-state index is 0.154. The van der Waals surface area contributed by atoms with E-state index in [1.54, 1.807) is 17.6 Å². The Morgan fingerprint density at radius 3 is 2.70 bits per heavy atom. The number of pyridine rings is 1. The van der Waals surface area contributed by atoms with Crippen LogP contribution in [0.25, 0.3) is 0 Å². The predicted octanol–water partition coefficient (Wildman–Crippen LogP) is 2.93. The van der Waals surface area contributed by atoms with Crippen LogP contribution in [0.2, 0.25) is 0 Å². The smallest absolute Gasteiger partial charge is 0.393 e. The number of aromatic nitrogens is 3. The third-order valence-corrected chi connectivity index (χ3v) is 4.36. The van der Waals surface area contributed by atoms with E-state index in [1.807, 2.05) is 0 Å². The molecule has 0 saturated carbocycles. The monoisotopic (exact) mass is 420 g/mol. The highest BCUT2D eigenvalue weighted by Gasteiger charge is 2.30. The normalized spacial score (nSPS) is 12.6. The number of hydrogen-bond acceptors (Lipinski definition) is 5. The summed E-state index contributed by atoms with van der Waals surface area (Å²) in [4.78, 5) is 20.6. The van der Waals surface area contributed by atoms with Crippen LogP contribution in [0, 0.1) is 6.92 Å². The molecule has 0 aliphatic carbocycles. The summed E-state index contributed by atoms with van der Waals surface area (Å²) in [7, 11) is 0. The van der Waals surface area contributed by atoms with Gasteiger partial charge in [-0.25, -0.2) is 4.98 Å². The molecule has 3 rings (SSSR count). The van der Waals surface area contributed by atoms with Crippen molar-refractivity contribution < 1.29 is 28.2 Å². The van der Waals surface area contributed by atoms with Crippen molar-refractivity contribution in [3.8, 4) is 0 Å². The van der Waals surface area contributed by atoms with Crippen LogP contribution in [0.1, 0.15) is 39.0 Å². The zero-order valence-electron chi connectivity index (χ0n) is 15.9. The first-order chi connectivity index (χ1) is 14.2. The lowest BCUT2D eigenvalue weighted by Gasteiger charge is -2.10. The lowest BCUT2D eigenvalue weighted by atomic mass is 10.1. The van der Waals surface area contributed by atoms with Gasteiger partial charge in [-0.15, -0.1) is 0 Å². The van der Waals surface area contributed by atoms with Crippen LogP contribution in [0.3, 0.4) is 0 Å². The molecule has 2 heterocycles. The first-order valence-corrected chi connectivity index (χ1v) is 8.93. The van der Waals surface area contributed by atoms with E-state index in [4.69, 9.17) is 5.11 Å². The number of anilines is 1. The third kappa shape index (κ3) is 5.02. The molecule has 0 spiro atoms. The highest BCUT2D eigenvalue weighted by Crippen LogP contribution is 2.29. The number of imidazole rings is 1. The quantitative estimate of drug-likeness (QED) is 0.569. The average molecular weight is 420 g/mol. The molecule has 7 nitrogen and oxygen atoms in total. The van der Waals surface area contributed by atoms with Crippen LogP contribution < -0.4 is 5.32 Å². The molecule has 3 N–H and O–H groups in total. The van der Waals surface area contributed by atoms with E-state index < -0.39 is 30.4 Å². The third-order valence-electron chi connectivity index (χ3n) is 4.36. The molecule has 0 aliphatic rings. The maximum absolute atomic E-state index is 12.8. The van der Waals surface area contributed by atoms with Gasteiger partial charge in [-0.05, 0) is 36.8 Å². The Kier molecular flexibility index (Phi) is 6.18. The van der Waals surface area contributed by atoms with Crippen LogP contribution in [0.5, 0.6) is 0 Å². The minimum Gasteiger partial charge on any atom is -0.393 e. The van der Waals surface area contributed by atoms with Crippen molar-refractivity contribution in [3.05, 3.63) is 77.0 Å². The van der Waals surface area contributed by atoms with Crippen LogP contribution >= 0.6 is 0 Å². The van der Waals surface area contributed by atoms with E-state index >= 15 is 0 Å². The number of carbonyl (C=O) groups is 1. The molecule has 0 aliphatic heterocycles. The van der Waals surface area contributed by atoms with Crippen LogP contribution in [-0.2, 0) is 12.7 Å². The molecule has 1 aromatic carbocycles. The zero-order valence-corrected chi connectivity index (χ0v) is 15.9. The Morgan fingerprint density at radius 2 is 2.03 bits per heavy atom. The molecular weight excluding hydrogens is 401 g/mol. The van der Waals surface area contributed by atoms with Crippen LogP contribution in [0.15, 0.2) is 48.9 Å². The molecule has 10 heteroatoms. The fourth-order valence-corrected chi connectivity index (χ4v) is 2.85. The fourth-order valence-electron chi connectivity index (χ4n) is 2.85. The van der Waals surface area contributed by atoms with Crippen molar-refractivity contribution in [2.24, 2.45) is 0 Å². The Hall–Kier alpha value is -3.24. The van der Waals surface area contributed by atoms with Crippen molar-refractivity contribution >= 4 is 11.7 Å². The fraction of sp³-hybridized carbons (Fsp3) is 0.250. The van der Waals surface area contributed by atoms with Gasteiger partial charge in [0.1, 0.15) is 6.10 Å². The molecule has 1 amide bonds. The summed E-state index contributed by atoms with van der Waals surface area (Å²) in [5.74, 6) is -0.250. The van der Waals surface area contributed by atoms with E-state index in [9.17, 15) is 23.1 Å². The average Bonchev–Trinajstić information content (AvgIpc) is 3.13. The first-order valence-electron chi connectivity index (χ1n) is 8.93. The maximum atomic E-state index is 12.8. The van der Waals surface area contributed by atoms with Crippen LogP contribution in [-0.4, -0.2) is 37.3 Å². The van der Waals surface area contributed by atoms with E-state index in [0.29, 0.717) is 11.3 Å². The number of carbonyl (C=O) groups excluding carboxylic acids is 1. The van der Waals surface area contributed by atoms with Crippen LogP contribution in [0.4, 0.5) is 19.0 Å². The number of aliphatic hydroxyl groups is 2. The zero-order chi connectivity index (χ0) is 21.9. The molecule has 1 atom stereocenters. The van der Waals surface area contributed by atoms with Gasteiger partial charge in [0.25, 0.3) is 5.91 Å². The molecule has 0 bridgehead atoms. The molecule has 3 aromatic rings. The van der Waals surface area contributed by atoms with Gasteiger partial charge >= 0.3 is 6.18 Å². The van der Waals surface area contributed by atoms with Gasteiger partial charge in [-0.2, -0.15) is 13.2 Å². The van der Waals surface area contributed by atoms with Crippen molar-refractivity contribution in [3.63, 3.8) is 0 Å². The standard InChI is InChI=1S/C20H19F3N4O3/c1-12-15(5-6-16(25-12)17(29)10-28)19(30)26-18-9-27(11-24-18)8-13-3-2-4-14(7-13)20(21,22)23/h2-7,9,11,17,28-29H,8,10H2,1H3,(H,26,30). The summed E-state index contributed by atoms with van der Waals surface area (Å²) in [6.45, 7) is 1.26. The predicted molar refractivity (Wildman–Crippen MR) is 102 cm³/mol. The summed E-state index contributed by atoms with van der Waals surface area (Å²) in [5.41, 5.74) is 0.582. The summed E-state index contributed by atoms with van der Waals surface area (Å²) in [6.07, 6.45) is -2.64. The Morgan fingerprint density at radius 1 is 1.27 bits per heavy atom. The molecular formula is C20H19F3N4O3. The summed E-state index contributed by atoms with van der Waals surface area (Å²) < 4.78 is 40.1. The highest BCUT2D eigenvalue weighted by atomic mass is 19.4. The number of benzene rings is 1. The Balaban J connectivity index is 1.69. The number of nitrogens with one attached hydrogen (secondary N) is 1. The number of nitrogens with zero attached hydrogens (tertiary/aromatic N) is 3. The van der Waals surface area contributed by atoms with Gasteiger partial charge in [0.15, 0.2) is 5.82 Å². The Bertz CT molecular complexity index is 1050. The van der Waals surface area contributed by atoms with Gasteiger partial charge in [0.2, 0.25) is 0 Å². The molecule has 1 unspecified atom stereocenters. The second-order valence-electron chi connectivity index (χ2n) is 6.65. The van der Waals surface area contributed by atoms with Gasteiger partial charge in [-0.3, -0.25) is 9.78 Å². The first kappa shape index (κ1) is 21.5. The van der Waals surface area contributed by atoms with Gasteiger partial charge in [0.05, 0.1) is 35.4 Å². The topological polar surface area (TPSA) is 100 Å². The van der Waals surface area contributed by atoms with E-state index in [2.05, 4.69) is 15.3 Å². The second kappa shape index (κ2) is 8.64. The van der Waals surface area contributed by atoms with Gasteiger partial charge < -0.3 is 20.1 Å². The van der Waals surface area contributed by atoms with Crippen molar-refractivity contribution in [2.45, 2.75) is 25.7 Å². The van der Waals surface area contributed by atoms with E-state index in [0.717, 1.165) is 12.1 Å². The molecule has 0 fully saturated rings. The highest BCUT2D eigenvalue weighted by molar-refractivity contribution is 6.04. The molecule has 158 valence electrons. The van der Waals surface area contributed by atoms with Crippen molar-refractivity contribution in [2.75, 3.05) is 11.9 Å². The number of aryl methyl sites for hydroxylation is 1. The lowest BCUT2D eigenvalue weighted by Crippen LogP contribution is -2.16. The molecule has 30 heavy (non-hydrogen) atoms. The SMILES string of the molecule is Cc1nc(C(O)CO)ccc1C(=O)Nc1cn(Cc2cccc(C(F)(F)F)c2)cn1. The van der Waals surface area contributed by atoms with Crippen molar-refractivity contribution in [1.29, 1.82) is 0 Å². The molecule has 0 saturated heterocycles. The number of rotatable bonds is 6. The minimum atomic E-state index is -4.42. The van der Waals surface area contributed by atoms with E-state index in [-0.39, 0.29) is 23.6 Å². The number of amides is 1. The maximum Gasteiger partial charge on any atom is 0.416 e. The molecule has 0 radical (unpaired) electrons. The summed E-state index contributed by atoms with van der Waals surface area (Å²) in [6, 6.07) is 7.90. The van der Waals surface area contributed by atoms with E-state index in [1.165, 1.54) is 30.7 Å². The number of aliphatic hydroxyl groups excluding tert-OH is 2. The lowest BCUT2D eigenvalue weighted by molar-refractivity contribution is -0.137. The second-order valence-corrected chi connectivity index (χ2v) is 6.65. The Labute approximate surface area is 169 Å². The largest absolute Gasteiger partial charge is 0.416 e. The van der Waals surface area contributed by atoms with Crippen molar-refractivity contribution in [1.82, 2.24) is 14.5 Å².